The highest BCUT2D eigenvalue weighted by molar-refractivity contribution is 5.75. The molecule has 1 unspecified atom stereocenters. The summed E-state index contributed by atoms with van der Waals surface area (Å²) in [5.41, 5.74) is -0.438. The summed E-state index contributed by atoms with van der Waals surface area (Å²) in [5.74, 6) is -0.271. The van der Waals surface area contributed by atoms with E-state index in [1.165, 1.54) is 0 Å². The number of carbonyl (C=O) groups is 1. The van der Waals surface area contributed by atoms with Crippen molar-refractivity contribution in [3.05, 3.63) is 0 Å². The molecular weight excluding hydrogens is 182 g/mol. The van der Waals surface area contributed by atoms with Gasteiger partial charge in [-0.2, -0.15) is 0 Å². The zero-order valence-corrected chi connectivity index (χ0v) is 9.13. The number of nitrogens with one attached hydrogen (secondary N) is 1. The van der Waals surface area contributed by atoms with Gasteiger partial charge in [0, 0.05) is 13.2 Å². The molecule has 82 valence electrons. The molecule has 0 spiro atoms. The third-order valence-corrected chi connectivity index (χ3v) is 1.82. The molecule has 0 aromatic heterocycles. The van der Waals surface area contributed by atoms with Crippen molar-refractivity contribution in [3.8, 4) is 0 Å². The van der Waals surface area contributed by atoms with Crippen LogP contribution in [0.1, 0.15) is 27.2 Å². The summed E-state index contributed by atoms with van der Waals surface area (Å²) >= 11 is 0. The lowest BCUT2D eigenvalue weighted by atomic mass is 10.2. The largest absolute Gasteiger partial charge is 0.458 e. The molecule has 1 N–H and O–H groups in total. The van der Waals surface area contributed by atoms with Gasteiger partial charge in [0.15, 0.2) is 6.10 Å². The Morgan fingerprint density at radius 2 is 2.21 bits per heavy atom. The van der Waals surface area contributed by atoms with E-state index < -0.39 is 11.7 Å². The summed E-state index contributed by atoms with van der Waals surface area (Å²) in [7, 11) is 0. The van der Waals surface area contributed by atoms with Crippen molar-refractivity contribution in [3.63, 3.8) is 0 Å². The molecule has 1 aliphatic rings. The molecule has 4 heteroatoms. The minimum Gasteiger partial charge on any atom is -0.458 e. The molecule has 0 aromatic carbocycles. The number of esters is 1. The molecular formula is C10H19NO3. The van der Waals surface area contributed by atoms with Crippen LogP contribution in [0.5, 0.6) is 0 Å². The van der Waals surface area contributed by atoms with E-state index in [1.54, 1.807) is 0 Å². The predicted octanol–water partition coefficient (Wildman–Crippen LogP) is 0.707. The number of hydrogen-bond donors (Lipinski definition) is 1. The molecule has 1 atom stereocenters. The molecule has 14 heavy (non-hydrogen) atoms. The second-order valence-electron chi connectivity index (χ2n) is 4.45. The number of hydrogen-bond acceptors (Lipinski definition) is 4. The third-order valence-electron chi connectivity index (χ3n) is 1.82. The SMILES string of the molecule is CC(C)(C)OC(=O)C1CNCCCO1. The average Bonchev–Trinajstić information content (AvgIpc) is 2.27. The summed E-state index contributed by atoms with van der Waals surface area (Å²) in [6.45, 7) is 7.64. The van der Waals surface area contributed by atoms with Crippen LogP contribution in [0.3, 0.4) is 0 Å². The Bertz CT molecular complexity index is 190. The molecule has 0 amide bonds. The van der Waals surface area contributed by atoms with E-state index in [-0.39, 0.29) is 5.97 Å². The van der Waals surface area contributed by atoms with Gasteiger partial charge in [-0.15, -0.1) is 0 Å². The minimum atomic E-state index is -0.447. The van der Waals surface area contributed by atoms with Crippen LogP contribution in [-0.2, 0) is 14.3 Å². The van der Waals surface area contributed by atoms with E-state index in [9.17, 15) is 4.79 Å². The Hall–Kier alpha value is -0.610. The molecule has 1 heterocycles. The summed E-state index contributed by atoms with van der Waals surface area (Å²) in [6, 6.07) is 0. The fourth-order valence-electron chi connectivity index (χ4n) is 1.23. The first kappa shape index (κ1) is 11.5. The van der Waals surface area contributed by atoms with E-state index in [0.29, 0.717) is 13.2 Å². The Kier molecular flexibility index (Phi) is 3.89. The normalized spacial score (nSPS) is 24.1. The molecule has 0 bridgehead atoms. The first-order valence-corrected chi connectivity index (χ1v) is 5.04. The fraction of sp³-hybridized carbons (Fsp3) is 0.900. The van der Waals surface area contributed by atoms with E-state index in [4.69, 9.17) is 9.47 Å². The smallest absolute Gasteiger partial charge is 0.337 e. The second kappa shape index (κ2) is 4.75. The predicted molar refractivity (Wildman–Crippen MR) is 53.1 cm³/mol. The molecule has 1 saturated heterocycles. The lowest BCUT2D eigenvalue weighted by Gasteiger charge is -2.23. The third kappa shape index (κ3) is 4.07. The Balaban J connectivity index is 2.42. The maximum Gasteiger partial charge on any atom is 0.337 e. The van der Waals surface area contributed by atoms with Gasteiger partial charge in [0.2, 0.25) is 0 Å². The van der Waals surface area contributed by atoms with Crippen LogP contribution in [0.15, 0.2) is 0 Å². The van der Waals surface area contributed by atoms with Gasteiger partial charge in [0.25, 0.3) is 0 Å². The summed E-state index contributed by atoms with van der Waals surface area (Å²) in [6.07, 6.45) is 0.496. The van der Waals surface area contributed by atoms with Crippen LogP contribution >= 0.6 is 0 Å². The average molecular weight is 201 g/mol. The Morgan fingerprint density at radius 3 is 2.86 bits per heavy atom. The van der Waals surface area contributed by atoms with Crippen molar-refractivity contribution in [2.24, 2.45) is 0 Å². The zero-order chi connectivity index (χ0) is 10.6. The lowest BCUT2D eigenvalue weighted by Crippen LogP contribution is -2.38. The molecule has 0 radical (unpaired) electrons. The number of rotatable bonds is 1. The van der Waals surface area contributed by atoms with Crippen molar-refractivity contribution >= 4 is 5.97 Å². The minimum absolute atomic E-state index is 0.271. The molecule has 0 aliphatic carbocycles. The second-order valence-corrected chi connectivity index (χ2v) is 4.45. The van der Waals surface area contributed by atoms with Crippen LogP contribution in [0.25, 0.3) is 0 Å². The highest BCUT2D eigenvalue weighted by Gasteiger charge is 2.26. The van der Waals surface area contributed by atoms with Crippen LogP contribution in [0, 0.1) is 0 Å². The molecule has 1 fully saturated rings. The Morgan fingerprint density at radius 1 is 1.50 bits per heavy atom. The topological polar surface area (TPSA) is 47.6 Å². The van der Waals surface area contributed by atoms with E-state index >= 15 is 0 Å². The fourth-order valence-corrected chi connectivity index (χ4v) is 1.23. The highest BCUT2D eigenvalue weighted by Crippen LogP contribution is 2.10. The quantitative estimate of drug-likeness (QED) is 0.635. The van der Waals surface area contributed by atoms with Crippen LogP contribution in [0.4, 0.5) is 0 Å². The maximum atomic E-state index is 11.6. The standard InChI is InChI=1S/C10H19NO3/c1-10(2,3)14-9(12)8-7-11-5-4-6-13-8/h8,11H,4-7H2,1-3H3. The van der Waals surface area contributed by atoms with Crippen molar-refractivity contribution in [2.45, 2.75) is 38.9 Å². The van der Waals surface area contributed by atoms with Gasteiger partial charge in [-0.3, -0.25) is 0 Å². The van der Waals surface area contributed by atoms with Crippen LogP contribution in [0.2, 0.25) is 0 Å². The number of ether oxygens (including phenoxy) is 2. The summed E-state index contributed by atoms with van der Waals surface area (Å²) in [4.78, 5) is 11.6. The van der Waals surface area contributed by atoms with Crippen molar-refractivity contribution in [2.75, 3.05) is 19.7 Å². The van der Waals surface area contributed by atoms with Gasteiger partial charge in [0.05, 0.1) is 0 Å². The highest BCUT2D eigenvalue weighted by atomic mass is 16.6. The Labute approximate surface area is 85.0 Å². The molecule has 0 saturated carbocycles. The van der Waals surface area contributed by atoms with Crippen LogP contribution < -0.4 is 5.32 Å². The zero-order valence-electron chi connectivity index (χ0n) is 9.13. The van der Waals surface area contributed by atoms with Crippen molar-refractivity contribution in [1.82, 2.24) is 5.32 Å². The molecule has 1 aliphatic heterocycles. The summed E-state index contributed by atoms with van der Waals surface area (Å²) in [5, 5.41) is 3.14. The van der Waals surface area contributed by atoms with Gasteiger partial charge in [0.1, 0.15) is 5.60 Å². The summed E-state index contributed by atoms with van der Waals surface area (Å²) < 4.78 is 10.6. The van der Waals surface area contributed by atoms with E-state index in [1.807, 2.05) is 20.8 Å². The lowest BCUT2D eigenvalue weighted by molar-refractivity contribution is -0.167. The molecule has 0 aromatic rings. The van der Waals surface area contributed by atoms with Gasteiger partial charge in [-0.05, 0) is 33.7 Å². The first-order valence-electron chi connectivity index (χ1n) is 5.04. The van der Waals surface area contributed by atoms with E-state index in [2.05, 4.69) is 5.32 Å². The van der Waals surface area contributed by atoms with Crippen LogP contribution in [-0.4, -0.2) is 37.4 Å². The van der Waals surface area contributed by atoms with Gasteiger partial charge < -0.3 is 14.8 Å². The van der Waals surface area contributed by atoms with E-state index in [0.717, 1.165) is 13.0 Å². The van der Waals surface area contributed by atoms with Crippen molar-refractivity contribution in [1.29, 1.82) is 0 Å². The first-order chi connectivity index (χ1) is 6.49. The van der Waals surface area contributed by atoms with Gasteiger partial charge in [-0.25, -0.2) is 4.79 Å². The molecule has 4 nitrogen and oxygen atoms in total. The maximum absolute atomic E-state index is 11.6. The molecule has 1 rings (SSSR count). The monoisotopic (exact) mass is 201 g/mol. The number of carbonyl (C=O) groups excluding carboxylic acids is 1. The van der Waals surface area contributed by atoms with Gasteiger partial charge in [-0.1, -0.05) is 0 Å². The van der Waals surface area contributed by atoms with Gasteiger partial charge >= 0.3 is 5.97 Å². The van der Waals surface area contributed by atoms with Crippen molar-refractivity contribution < 1.29 is 14.3 Å².